The van der Waals surface area contributed by atoms with Crippen LogP contribution in [0, 0.1) is 0 Å². The summed E-state index contributed by atoms with van der Waals surface area (Å²) in [6.07, 6.45) is 7.54. The molecule has 4 heteroatoms. The number of aliphatic imine (C=N–C) groups is 1. The summed E-state index contributed by atoms with van der Waals surface area (Å²) < 4.78 is 0. The lowest BCUT2D eigenvalue weighted by Gasteiger charge is -2.02. The Labute approximate surface area is 116 Å². The number of anilines is 1. The quantitative estimate of drug-likeness (QED) is 0.904. The number of benzene rings is 1. The first kappa shape index (κ1) is 12.3. The maximum absolute atomic E-state index is 11.8. The van der Waals surface area contributed by atoms with Gasteiger partial charge >= 0.3 is 0 Å². The van der Waals surface area contributed by atoms with Gasteiger partial charge in [0.05, 0.1) is 23.5 Å². The lowest BCUT2D eigenvalue weighted by Crippen LogP contribution is -2.13. The molecule has 1 aliphatic rings. The monoisotopic (exact) mass is 263 g/mol. The molecule has 0 atom stereocenters. The van der Waals surface area contributed by atoms with Gasteiger partial charge in [0.1, 0.15) is 0 Å². The van der Waals surface area contributed by atoms with Gasteiger partial charge in [-0.05, 0) is 35.9 Å². The highest BCUT2D eigenvalue weighted by Crippen LogP contribution is 2.27. The SMILES string of the molecule is O=C1CC(/C=C/c2ccncc2)=Nc2ccccc2N1. The first-order valence-corrected chi connectivity index (χ1v) is 6.36. The van der Waals surface area contributed by atoms with Gasteiger partial charge in [0.15, 0.2) is 0 Å². The van der Waals surface area contributed by atoms with Crippen LogP contribution in [0.2, 0.25) is 0 Å². The van der Waals surface area contributed by atoms with Crippen molar-refractivity contribution in [3.05, 3.63) is 60.4 Å². The molecular weight excluding hydrogens is 250 g/mol. The summed E-state index contributed by atoms with van der Waals surface area (Å²) in [7, 11) is 0. The Morgan fingerprint density at radius 3 is 2.70 bits per heavy atom. The molecule has 1 aromatic heterocycles. The molecule has 98 valence electrons. The Bertz CT molecular complexity index is 690. The van der Waals surface area contributed by atoms with Gasteiger partial charge < -0.3 is 5.32 Å². The Hall–Kier alpha value is -2.75. The van der Waals surface area contributed by atoms with Crippen molar-refractivity contribution in [1.29, 1.82) is 0 Å². The van der Waals surface area contributed by atoms with E-state index in [9.17, 15) is 4.79 Å². The lowest BCUT2D eigenvalue weighted by atomic mass is 10.2. The Morgan fingerprint density at radius 1 is 1.05 bits per heavy atom. The first-order chi connectivity index (χ1) is 9.81. The van der Waals surface area contributed by atoms with E-state index in [1.165, 1.54) is 0 Å². The van der Waals surface area contributed by atoms with E-state index >= 15 is 0 Å². The molecule has 1 aliphatic heterocycles. The van der Waals surface area contributed by atoms with Crippen LogP contribution in [0.4, 0.5) is 11.4 Å². The number of nitrogens with zero attached hydrogens (tertiary/aromatic N) is 2. The fourth-order valence-electron chi connectivity index (χ4n) is 1.99. The summed E-state index contributed by atoms with van der Waals surface area (Å²) in [6, 6.07) is 11.3. The Morgan fingerprint density at radius 2 is 1.85 bits per heavy atom. The number of para-hydroxylation sites is 2. The number of allylic oxidation sites excluding steroid dienone is 1. The van der Waals surface area contributed by atoms with Crippen molar-refractivity contribution in [2.45, 2.75) is 6.42 Å². The summed E-state index contributed by atoms with van der Waals surface area (Å²) in [5.74, 6) is -0.0481. The number of hydrogen-bond acceptors (Lipinski definition) is 3. The number of amides is 1. The van der Waals surface area contributed by atoms with Crippen LogP contribution in [0.3, 0.4) is 0 Å². The molecule has 3 rings (SSSR count). The van der Waals surface area contributed by atoms with Crippen molar-refractivity contribution in [3.8, 4) is 0 Å². The Balaban J connectivity index is 1.91. The number of hydrogen-bond donors (Lipinski definition) is 1. The maximum Gasteiger partial charge on any atom is 0.230 e. The van der Waals surface area contributed by atoms with Gasteiger partial charge in [0.2, 0.25) is 5.91 Å². The maximum atomic E-state index is 11.8. The van der Waals surface area contributed by atoms with E-state index < -0.39 is 0 Å². The van der Waals surface area contributed by atoms with E-state index in [-0.39, 0.29) is 12.3 Å². The molecule has 0 radical (unpaired) electrons. The number of fused-ring (bicyclic) bond motifs is 1. The highest BCUT2D eigenvalue weighted by atomic mass is 16.1. The van der Waals surface area contributed by atoms with Crippen molar-refractivity contribution >= 4 is 29.1 Å². The molecule has 0 unspecified atom stereocenters. The van der Waals surface area contributed by atoms with Gasteiger partial charge in [-0.2, -0.15) is 0 Å². The van der Waals surface area contributed by atoms with Crippen LogP contribution in [0.25, 0.3) is 6.08 Å². The largest absolute Gasteiger partial charge is 0.324 e. The molecule has 4 nitrogen and oxygen atoms in total. The zero-order valence-electron chi connectivity index (χ0n) is 10.8. The summed E-state index contributed by atoms with van der Waals surface area (Å²) in [5, 5.41) is 2.85. The van der Waals surface area contributed by atoms with Gasteiger partial charge in [0.25, 0.3) is 0 Å². The van der Waals surface area contributed by atoms with Gasteiger partial charge in [-0.15, -0.1) is 0 Å². The first-order valence-electron chi connectivity index (χ1n) is 6.36. The van der Waals surface area contributed by atoms with Crippen LogP contribution in [0.5, 0.6) is 0 Å². The highest BCUT2D eigenvalue weighted by molar-refractivity contribution is 6.15. The number of pyridine rings is 1. The molecule has 1 aromatic carbocycles. The van der Waals surface area contributed by atoms with Crippen LogP contribution in [-0.2, 0) is 4.79 Å². The van der Waals surface area contributed by atoms with Crippen molar-refractivity contribution in [2.75, 3.05) is 5.32 Å². The zero-order valence-corrected chi connectivity index (χ0v) is 10.8. The zero-order chi connectivity index (χ0) is 13.8. The summed E-state index contributed by atoms with van der Waals surface area (Å²) in [5.41, 5.74) is 3.31. The van der Waals surface area contributed by atoms with Crippen molar-refractivity contribution < 1.29 is 4.79 Å². The number of nitrogens with one attached hydrogen (secondary N) is 1. The van der Waals surface area contributed by atoms with Crippen LogP contribution < -0.4 is 5.32 Å². The standard InChI is InChI=1S/C16H13N3O/c20-16-11-13(6-5-12-7-9-17-10-8-12)18-14-3-1-2-4-15(14)19-16/h1-10H,11H2,(H,19,20)/b6-5+. The van der Waals surface area contributed by atoms with Gasteiger partial charge in [-0.25, -0.2) is 0 Å². The fraction of sp³-hybridized carbons (Fsp3) is 0.0625. The topological polar surface area (TPSA) is 54.4 Å². The molecule has 0 saturated heterocycles. The molecule has 2 heterocycles. The third-order valence-corrected chi connectivity index (χ3v) is 2.96. The second-order valence-corrected chi connectivity index (χ2v) is 4.46. The average Bonchev–Trinajstić information content (AvgIpc) is 2.63. The van der Waals surface area contributed by atoms with E-state index in [0.29, 0.717) is 0 Å². The van der Waals surface area contributed by atoms with Crippen LogP contribution in [-0.4, -0.2) is 16.6 Å². The average molecular weight is 263 g/mol. The summed E-state index contributed by atoms with van der Waals surface area (Å²) >= 11 is 0. The molecule has 0 bridgehead atoms. The predicted molar refractivity (Wildman–Crippen MR) is 80.1 cm³/mol. The molecular formula is C16H13N3O. The van der Waals surface area contributed by atoms with E-state index in [0.717, 1.165) is 22.6 Å². The number of carbonyl (C=O) groups is 1. The predicted octanol–water partition coefficient (Wildman–Crippen LogP) is 3.21. The van der Waals surface area contributed by atoms with E-state index in [1.54, 1.807) is 12.4 Å². The van der Waals surface area contributed by atoms with Gasteiger partial charge in [0, 0.05) is 12.4 Å². The third kappa shape index (κ3) is 2.80. The van der Waals surface area contributed by atoms with E-state index in [4.69, 9.17) is 0 Å². The molecule has 1 N–H and O–H groups in total. The lowest BCUT2D eigenvalue weighted by molar-refractivity contribution is -0.115. The molecule has 0 spiro atoms. The highest BCUT2D eigenvalue weighted by Gasteiger charge is 2.13. The van der Waals surface area contributed by atoms with E-state index in [2.05, 4.69) is 15.3 Å². The minimum atomic E-state index is -0.0481. The smallest absolute Gasteiger partial charge is 0.230 e. The third-order valence-electron chi connectivity index (χ3n) is 2.96. The van der Waals surface area contributed by atoms with Crippen molar-refractivity contribution in [2.24, 2.45) is 4.99 Å². The molecule has 1 amide bonds. The molecule has 0 saturated carbocycles. The number of aromatic nitrogens is 1. The van der Waals surface area contributed by atoms with Crippen LogP contribution in [0.1, 0.15) is 12.0 Å². The molecule has 20 heavy (non-hydrogen) atoms. The second-order valence-electron chi connectivity index (χ2n) is 4.46. The van der Waals surface area contributed by atoms with Crippen molar-refractivity contribution in [1.82, 2.24) is 4.98 Å². The summed E-state index contributed by atoms with van der Waals surface area (Å²) in [6.45, 7) is 0. The number of carbonyl (C=O) groups excluding carboxylic acids is 1. The van der Waals surface area contributed by atoms with E-state index in [1.807, 2.05) is 48.6 Å². The van der Waals surface area contributed by atoms with Gasteiger partial charge in [-0.3, -0.25) is 14.8 Å². The van der Waals surface area contributed by atoms with Crippen LogP contribution >= 0.6 is 0 Å². The summed E-state index contributed by atoms with van der Waals surface area (Å²) in [4.78, 5) is 20.3. The minimum absolute atomic E-state index is 0.0481. The van der Waals surface area contributed by atoms with Gasteiger partial charge in [-0.1, -0.05) is 18.2 Å². The second kappa shape index (κ2) is 5.48. The molecule has 0 fully saturated rings. The van der Waals surface area contributed by atoms with Crippen LogP contribution in [0.15, 0.2) is 59.9 Å². The Kier molecular flexibility index (Phi) is 3.37. The molecule has 2 aromatic rings. The molecule has 0 aliphatic carbocycles. The van der Waals surface area contributed by atoms with Crippen molar-refractivity contribution in [3.63, 3.8) is 0 Å². The fourth-order valence-corrected chi connectivity index (χ4v) is 1.99. The minimum Gasteiger partial charge on any atom is -0.324 e. The normalized spacial score (nSPS) is 14.4. The number of rotatable bonds is 2.